The highest BCUT2D eigenvalue weighted by Gasteiger charge is 2.23. The van der Waals surface area contributed by atoms with E-state index < -0.39 is 5.54 Å². The van der Waals surface area contributed by atoms with Gasteiger partial charge in [-0.05, 0) is 27.2 Å². The summed E-state index contributed by atoms with van der Waals surface area (Å²) < 4.78 is 5.57. The molecule has 100 valence electrons. The van der Waals surface area contributed by atoms with Crippen LogP contribution in [0, 0.1) is 11.3 Å². The van der Waals surface area contributed by atoms with Gasteiger partial charge in [0.2, 0.25) is 0 Å². The van der Waals surface area contributed by atoms with Crippen LogP contribution in [-0.4, -0.2) is 24.8 Å². The number of rotatable bonds is 10. The quantitative estimate of drug-likeness (QED) is 0.596. The van der Waals surface area contributed by atoms with Crippen molar-refractivity contribution < 1.29 is 4.74 Å². The minimum atomic E-state index is -0.461. The molecule has 0 rings (SSSR count). The van der Waals surface area contributed by atoms with Crippen LogP contribution in [0.4, 0.5) is 0 Å². The summed E-state index contributed by atoms with van der Waals surface area (Å²) >= 11 is 0. The second kappa shape index (κ2) is 9.44. The first kappa shape index (κ1) is 16.4. The predicted molar refractivity (Wildman–Crippen MR) is 71.9 cm³/mol. The molecule has 3 nitrogen and oxygen atoms in total. The monoisotopic (exact) mass is 240 g/mol. The number of hydrogen-bond donors (Lipinski definition) is 1. The van der Waals surface area contributed by atoms with E-state index in [1.807, 2.05) is 6.92 Å². The summed E-state index contributed by atoms with van der Waals surface area (Å²) in [7, 11) is 0. The van der Waals surface area contributed by atoms with Crippen LogP contribution < -0.4 is 5.32 Å². The Morgan fingerprint density at radius 3 is 2.47 bits per heavy atom. The molecule has 1 atom stereocenters. The Kier molecular flexibility index (Phi) is 9.11. The zero-order valence-corrected chi connectivity index (χ0v) is 11.9. The molecule has 0 saturated carbocycles. The zero-order chi connectivity index (χ0) is 13.1. The van der Waals surface area contributed by atoms with Crippen molar-refractivity contribution in [2.75, 3.05) is 13.2 Å². The second-order valence-corrected chi connectivity index (χ2v) is 5.17. The lowest BCUT2D eigenvalue weighted by Gasteiger charge is -2.25. The molecule has 0 radical (unpaired) electrons. The average Bonchev–Trinajstić information content (AvgIpc) is 2.27. The Morgan fingerprint density at radius 2 is 1.94 bits per heavy atom. The molecule has 0 aliphatic carbocycles. The SMILES string of the molecule is CCCCCCOCCC(C)(C#N)NC(C)C. The summed E-state index contributed by atoms with van der Waals surface area (Å²) in [4.78, 5) is 0. The third-order valence-corrected chi connectivity index (χ3v) is 2.74. The molecular weight excluding hydrogens is 212 g/mol. The summed E-state index contributed by atoms with van der Waals surface area (Å²) in [6, 6.07) is 2.65. The molecule has 0 aromatic heterocycles. The standard InChI is InChI=1S/C14H28N2O/c1-5-6-7-8-10-17-11-9-14(4,12-15)16-13(2)3/h13,16H,5-11H2,1-4H3. The number of nitriles is 1. The summed E-state index contributed by atoms with van der Waals surface area (Å²) in [6.45, 7) is 9.74. The topological polar surface area (TPSA) is 45.0 Å². The van der Waals surface area contributed by atoms with Gasteiger partial charge in [0.25, 0.3) is 0 Å². The molecule has 0 aliphatic heterocycles. The molecule has 1 N–H and O–H groups in total. The van der Waals surface area contributed by atoms with E-state index in [-0.39, 0.29) is 0 Å². The van der Waals surface area contributed by atoms with Gasteiger partial charge < -0.3 is 4.74 Å². The van der Waals surface area contributed by atoms with E-state index in [9.17, 15) is 0 Å². The first-order chi connectivity index (χ1) is 8.04. The molecule has 0 aromatic rings. The van der Waals surface area contributed by atoms with Gasteiger partial charge in [0.1, 0.15) is 5.54 Å². The van der Waals surface area contributed by atoms with Gasteiger partial charge in [-0.1, -0.05) is 26.2 Å². The zero-order valence-electron chi connectivity index (χ0n) is 11.9. The summed E-state index contributed by atoms with van der Waals surface area (Å²) in [5.41, 5.74) is -0.461. The maximum atomic E-state index is 9.14. The van der Waals surface area contributed by atoms with Crippen molar-refractivity contribution in [3.63, 3.8) is 0 Å². The highest BCUT2D eigenvalue weighted by atomic mass is 16.5. The van der Waals surface area contributed by atoms with Crippen molar-refractivity contribution in [3.05, 3.63) is 0 Å². The van der Waals surface area contributed by atoms with Crippen molar-refractivity contribution in [2.45, 2.75) is 71.4 Å². The number of nitrogens with one attached hydrogen (secondary N) is 1. The number of ether oxygens (including phenoxy) is 1. The van der Waals surface area contributed by atoms with Crippen LogP contribution in [0.1, 0.15) is 59.8 Å². The number of unbranched alkanes of at least 4 members (excludes halogenated alkanes) is 3. The van der Waals surface area contributed by atoms with Crippen LogP contribution in [0.2, 0.25) is 0 Å². The van der Waals surface area contributed by atoms with Gasteiger partial charge in [0.15, 0.2) is 0 Å². The first-order valence-electron chi connectivity index (χ1n) is 6.80. The van der Waals surface area contributed by atoms with Crippen molar-refractivity contribution in [1.29, 1.82) is 5.26 Å². The van der Waals surface area contributed by atoms with Crippen LogP contribution >= 0.6 is 0 Å². The number of nitrogens with zero attached hydrogens (tertiary/aromatic N) is 1. The molecule has 3 heteroatoms. The highest BCUT2D eigenvalue weighted by molar-refractivity contribution is 5.04. The van der Waals surface area contributed by atoms with Crippen molar-refractivity contribution in [3.8, 4) is 6.07 Å². The molecule has 0 heterocycles. The van der Waals surface area contributed by atoms with Crippen molar-refractivity contribution >= 4 is 0 Å². The normalized spacial score (nSPS) is 14.6. The fraction of sp³-hybridized carbons (Fsp3) is 0.929. The summed E-state index contributed by atoms with van der Waals surface area (Å²) in [6.07, 6.45) is 5.67. The van der Waals surface area contributed by atoms with Gasteiger partial charge in [-0.3, -0.25) is 5.32 Å². The Bertz CT molecular complexity index is 223. The Morgan fingerprint density at radius 1 is 1.24 bits per heavy atom. The lowest BCUT2D eigenvalue weighted by molar-refractivity contribution is 0.113. The van der Waals surface area contributed by atoms with Gasteiger partial charge in [0, 0.05) is 25.7 Å². The first-order valence-corrected chi connectivity index (χ1v) is 6.80. The maximum absolute atomic E-state index is 9.14. The largest absolute Gasteiger partial charge is 0.381 e. The van der Waals surface area contributed by atoms with Crippen LogP contribution in [0.15, 0.2) is 0 Å². The Balaban J connectivity index is 3.60. The maximum Gasteiger partial charge on any atom is 0.106 e. The predicted octanol–water partition coefficient (Wildman–Crippen LogP) is 3.25. The van der Waals surface area contributed by atoms with E-state index in [4.69, 9.17) is 10.00 Å². The molecule has 1 unspecified atom stereocenters. The summed E-state index contributed by atoms with van der Waals surface area (Å²) in [5.74, 6) is 0. The second-order valence-electron chi connectivity index (χ2n) is 5.17. The lowest BCUT2D eigenvalue weighted by atomic mass is 9.99. The van der Waals surface area contributed by atoms with E-state index in [1.165, 1.54) is 19.3 Å². The van der Waals surface area contributed by atoms with Crippen LogP contribution in [0.3, 0.4) is 0 Å². The molecule has 0 spiro atoms. The molecule has 0 fully saturated rings. The minimum absolute atomic E-state index is 0.323. The van der Waals surface area contributed by atoms with Crippen LogP contribution in [-0.2, 0) is 4.74 Å². The highest BCUT2D eigenvalue weighted by Crippen LogP contribution is 2.10. The molecule has 0 bridgehead atoms. The summed E-state index contributed by atoms with van der Waals surface area (Å²) in [5, 5.41) is 12.4. The van der Waals surface area contributed by atoms with E-state index in [0.717, 1.165) is 19.4 Å². The van der Waals surface area contributed by atoms with Crippen LogP contribution in [0.25, 0.3) is 0 Å². The Labute approximate surface area is 107 Å². The van der Waals surface area contributed by atoms with E-state index >= 15 is 0 Å². The molecule has 0 aromatic carbocycles. The molecule has 0 saturated heterocycles. The van der Waals surface area contributed by atoms with Gasteiger partial charge in [-0.2, -0.15) is 5.26 Å². The van der Waals surface area contributed by atoms with Crippen molar-refractivity contribution in [2.24, 2.45) is 0 Å². The van der Waals surface area contributed by atoms with Gasteiger partial charge in [0.05, 0.1) is 6.07 Å². The fourth-order valence-electron chi connectivity index (χ4n) is 1.81. The van der Waals surface area contributed by atoms with E-state index in [2.05, 4.69) is 32.2 Å². The smallest absolute Gasteiger partial charge is 0.106 e. The lowest BCUT2D eigenvalue weighted by Crippen LogP contribution is -2.45. The molecular formula is C14H28N2O. The minimum Gasteiger partial charge on any atom is -0.381 e. The van der Waals surface area contributed by atoms with E-state index in [1.54, 1.807) is 0 Å². The third-order valence-electron chi connectivity index (χ3n) is 2.74. The number of hydrogen-bond acceptors (Lipinski definition) is 3. The third kappa shape index (κ3) is 9.14. The van der Waals surface area contributed by atoms with Gasteiger partial charge in [-0.25, -0.2) is 0 Å². The fourth-order valence-corrected chi connectivity index (χ4v) is 1.81. The van der Waals surface area contributed by atoms with Crippen LogP contribution in [0.5, 0.6) is 0 Å². The van der Waals surface area contributed by atoms with E-state index in [0.29, 0.717) is 12.6 Å². The molecule has 0 amide bonds. The van der Waals surface area contributed by atoms with Crippen molar-refractivity contribution in [1.82, 2.24) is 5.32 Å². The molecule has 0 aliphatic rings. The Hall–Kier alpha value is -0.590. The van der Waals surface area contributed by atoms with Gasteiger partial charge in [-0.15, -0.1) is 0 Å². The molecule has 17 heavy (non-hydrogen) atoms. The van der Waals surface area contributed by atoms with Gasteiger partial charge >= 0.3 is 0 Å². The average molecular weight is 240 g/mol.